The number of carbonyl (C=O) groups excluding carboxylic acids is 1. The van der Waals surface area contributed by atoms with Gasteiger partial charge < -0.3 is 18.8 Å². The van der Waals surface area contributed by atoms with E-state index in [-0.39, 0.29) is 24.4 Å². The summed E-state index contributed by atoms with van der Waals surface area (Å²) in [5.74, 6) is 0.931. The van der Waals surface area contributed by atoms with Crippen molar-refractivity contribution in [3.05, 3.63) is 50.4 Å². The van der Waals surface area contributed by atoms with Gasteiger partial charge in [0.2, 0.25) is 0 Å². The van der Waals surface area contributed by atoms with Gasteiger partial charge >= 0.3 is 11.7 Å². The number of nitrogens with zero attached hydrogens (tertiary/aromatic N) is 4. The lowest BCUT2D eigenvalue weighted by atomic mass is 10.2. The number of rotatable bonds is 9. The second kappa shape index (κ2) is 10.2. The van der Waals surface area contributed by atoms with Gasteiger partial charge in [0.05, 0.1) is 14.2 Å². The van der Waals surface area contributed by atoms with Gasteiger partial charge in [-0.15, -0.1) is 0 Å². The van der Waals surface area contributed by atoms with Crippen LogP contribution in [0.5, 0.6) is 11.5 Å². The van der Waals surface area contributed by atoms with E-state index in [2.05, 4.69) is 9.72 Å². The summed E-state index contributed by atoms with van der Waals surface area (Å²) in [5.41, 5.74) is 0.879. The van der Waals surface area contributed by atoms with E-state index in [9.17, 15) is 14.4 Å². The summed E-state index contributed by atoms with van der Waals surface area (Å²) in [7, 11) is 2.80. The highest BCUT2D eigenvalue weighted by Gasteiger charge is 2.19. The molecular formula is C23H28N4O6. The van der Waals surface area contributed by atoms with Crippen LogP contribution in [-0.4, -0.2) is 45.5 Å². The minimum absolute atomic E-state index is 0.225. The van der Waals surface area contributed by atoms with E-state index in [1.807, 2.05) is 19.9 Å². The summed E-state index contributed by atoms with van der Waals surface area (Å²) < 4.78 is 19.9. The highest BCUT2D eigenvalue weighted by molar-refractivity contribution is 5.77. The molecular weight excluding hydrogens is 428 g/mol. The Morgan fingerprint density at radius 1 is 0.970 bits per heavy atom. The van der Waals surface area contributed by atoms with Crippen LogP contribution in [0.25, 0.3) is 23.3 Å². The average molecular weight is 456 g/mol. The summed E-state index contributed by atoms with van der Waals surface area (Å²) >= 11 is 0. The molecule has 0 amide bonds. The van der Waals surface area contributed by atoms with Crippen LogP contribution >= 0.6 is 0 Å². The molecule has 0 fully saturated rings. The first kappa shape index (κ1) is 23.8. The smallest absolute Gasteiger partial charge is 0.343 e. The van der Waals surface area contributed by atoms with Crippen molar-refractivity contribution in [1.29, 1.82) is 0 Å². The molecule has 33 heavy (non-hydrogen) atoms. The van der Waals surface area contributed by atoms with Gasteiger partial charge in [0, 0.05) is 19.6 Å². The van der Waals surface area contributed by atoms with E-state index < -0.39 is 5.97 Å². The Labute approximate surface area is 190 Å². The van der Waals surface area contributed by atoms with Crippen LogP contribution in [0.3, 0.4) is 0 Å². The second-order valence-electron chi connectivity index (χ2n) is 7.07. The predicted molar refractivity (Wildman–Crippen MR) is 125 cm³/mol. The monoisotopic (exact) mass is 456 g/mol. The second-order valence-corrected chi connectivity index (χ2v) is 7.07. The van der Waals surface area contributed by atoms with Crippen LogP contribution in [0, 0.1) is 0 Å². The van der Waals surface area contributed by atoms with Gasteiger partial charge in [0.15, 0.2) is 29.3 Å². The SMILES string of the molecule is CCn1c(=O)c2c(nc(/C=C/c3ccc(OCC(=O)OC)c(OC)c3)n2CC)n(CC)c1=O. The van der Waals surface area contributed by atoms with Gasteiger partial charge in [-0.05, 0) is 44.5 Å². The highest BCUT2D eigenvalue weighted by atomic mass is 16.6. The Morgan fingerprint density at radius 3 is 2.27 bits per heavy atom. The summed E-state index contributed by atoms with van der Waals surface area (Å²) in [6, 6.07) is 5.25. The molecule has 0 spiro atoms. The van der Waals surface area contributed by atoms with Crippen LogP contribution in [-0.2, 0) is 29.2 Å². The van der Waals surface area contributed by atoms with E-state index >= 15 is 0 Å². The first-order valence-corrected chi connectivity index (χ1v) is 10.7. The number of methoxy groups -OCH3 is 2. The van der Waals surface area contributed by atoms with Crippen LogP contribution < -0.4 is 20.7 Å². The Balaban J connectivity index is 2.03. The molecule has 10 nitrogen and oxygen atoms in total. The summed E-state index contributed by atoms with van der Waals surface area (Å²) in [4.78, 5) is 41.6. The zero-order valence-electron chi connectivity index (χ0n) is 19.5. The molecule has 0 saturated heterocycles. The zero-order chi connectivity index (χ0) is 24.1. The molecule has 0 unspecified atom stereocenters. The lowest BCUT2D eigenvalue weighted by molar-refractivity contribution is -0.142. The van der Waals surface area contributed by atoms with Gasteiger partial charge in [-0.2, -0.15) is 0 Å². The van der Waals surface area contributed by atoms with E-state index in [0.717, 1.165) is 5.56 Å². The first-order valence-electron chi connectivity index (χ1n) is 10.7. The number of aryl methyl sites for hydroxylation is 2. The molecule has 1 aromatic carbocycles. The van der Waals surface area contributed by atoms with Crippen molar-refractivity contribution < 1.29 is 19.0 Å². The average Bonchev–Trinajstić information content (AvgIpc) is 3.20. The van der Waals surface area contributed by atoms with Crippen LogP contribution in [0.4, 0.5) is 0 Å². The summed E-state index contributed by atoms with van der Waals surface area (Å²) in [6.45, 7) is 6.53. The van der Waals surface area contributed by atoms with Crippen molar-refractivity contribution in [2.75, 3.05) is 20.8 Å². The molecule has 0 aliphatic carbocycles. The number of hydrogen-bond donors (Lipinski definition) is 0. The normalized spacial score (nSPS) is 11.3. The third-order valence-electron chi connectivity index (χ3n) is 5.28. The maximum Gasteiger partial charge on any atom is 0.343 e. The molecule has 10 heteroatoms. The number of aromatic nitrogens is 4. The molecule has 0 aliphatic heterocycles. The standard InChI is InChI=1S/C23H28N4O6/c1-6-25-18(24-21-20(25)22(29)27(8-3)23(30)26(21)7-2)12-10-15-9-11-16(17(13-15)31-4)33-14-19(28)32-5/h9-13H,6-8,14H2,1-5H3/b12-10+. The van der Waals surface area contributed by atoms with E-state index in [0.29, 0.717) is 41.6 Å². The minimum Gasteiger partial charge on any atom is -0.493 e. The Bertz CT molecular complexity index is 1320. The van der Waals surface area contributed by atoms with E-state index in [1.54, 1.807) is 35.8 Å². The van der Waals surface area contributed by atoms with Crippen molar-refractivity contribution in [3.8, 4) is 11.5 Å². The fourth-order valence-electron chi connectivity index (χ4n) is 3.59. The fourth-order valence-corrected chi connectivity index (χ4v) is 3.59. The van der Waals surface area contributed by atoms with Crippen molar-refractivity contribution in [1.82, 2.24) is 18.7 Å². The predicted octanol–water partition coefficient (Wildman–Crippen LogP) is 2.15. The minimum atomic E-state index is -0.493. The molecule has 0 atom stereocenters. The number of fused-ring (bicyclic) bond motifs is 1. The highest BCUT2D eigenvalue weighted by Crippen LogP contribution is 2.29. The Hall–Kier alpha value is -3.82. The molecule has 2 aromatic heterocycles. The summed E-state index contributed by atoms with van der Waals surface area (Å²) in [6.07, 6.45) is 3.61. The molecule has 0 bridgehead atoms. The molecule has 0 saturated carbocycles. The Kier molecular flexibility index (Phi) is 7.37. The number of ether oxygens (including phenoxy) is 3. The molecule has 3 rings (SSSR count). The molecule has 0 aliphatic rings. The molecule has 0 N–H and O–H groups in total. The molecule has 176 valence electrons. The third-order valence-corrected chi connectivity index (χ3v) is 5.28. The van der Waals surface area contributed by atoms with Crippen molar-refractivity contribution >= 4 is 29.3 Å². The third kappa shape index (κ3) is 4.55. The van der Waals surface area contributed by atoms with Gasteiger partial charge in [-0.25, -0.2) is 14.6 Å². The first-order chi connectivity index (χ1) is 15.9. The number of esters is 1. The van der Waals surface area contributed by atoms with Crippen LogP contribution in [0.15, 0.2) is 27.8 Å². The Morgan fingerprint density at radius 2 is 1.67 bits per heavy atom. The van der Waals surface area contributed by atoms with Gasteiger partial charge in [0.1, 0.15) is 5.82 Å². The van der Waals surface area contributed by atoms with Gasteiger partial charge in [-0.1, -0.05) is 12.1 Å². The van der Waals surface area contributed by atoms with Crippen molar-refractivity contribution in [3.63, 3.8) is 0 Å². The maximum atomic E-state index is 13.0. The number of carbonyl (C=O) groups is 1. The maximum absolute atomic E-state index is 13.0. The van der Waals surface area contributed by atoms with Crippen molar-refractivity contribution in [2.45, 2.75) is 40.4 Å². The zero-order valence-corrected chi connectivity index (χ0v) is 19.5. The molecule has 3 aromatic rings. The van der Waals surface area contributed by atoms with Crippen molar-refractivity contribution in [2.24, 2.45) is 0 Å². The molecule has 2 heterocycles. The van der Waals surface area contributed by atoms with Crippen LogP contribution in [0.1, 0.15) is 32.2 Å². The van der Waals surface area contributed by atoms with Crippen LogP contribution in [0.2, 0.25) is 0 Å². The molecule has 0 radical (unpaired) electrons. The number of benzene rings is 1. The quantitative estimate of drug-likeness (QED) is 0.454. The largest absolute Gasteiger partial charge is 0.493 e. The van der Waals surface area contributed by atoms with Gasteiger partial charge in [0.25, 0.3) is 5.56 Å². The van der Waals surface area contributed by atoms with E-state index in [4.69, 9.17) is 9.47 Å². The van der Waals surface area contributed by atoms with E-state index in [1.165, 1.54) is 23.4 Å². The summed E-state index contributed by atoms with van der Waals surface area (Å²) in [5, 5.41) is 0. The number of hydrogen-bond acceptors (Lipinski definition) is 7. The van der Waals surface area contributed by atoms with Gasteiger partial charge in [-0.3, -0.25) is 13.9 Å². The lowest BCUT2D eigenvalue weighted by Crippen LogP contribution is -2.40. The topological polar surface area (TPSA) is 107 Å². The fraction of sp³-hybridized carbons (Fsp3) is 0.391. The number of imidazole rings is 1. The lowest BCUT2D eigenvalue weighted by Gasteiger charge is -2.10.